The largest absolute Gasteiger partial charge is 0.478 e. The minimum Gasteiger partial charge on any atom is -0.478 e. The zero-order chi connectivity index (χ0) is 17.8. The summed E-state index contributed by atoms with van der Waals surface area (Å²) >= 11 is 0. The number of pyridine rings is 1. The van der Waals surface area contributed by atoms with Crippen molar-refractivity contribution in [2.45, 2.75) is 33.2 Å². The Bertz CT molecular complexity index is 958. The third-order valence-corrected chi connectivity index (χ3v) is 3.96. The maximum absolute atomic E-state index is 12.5. The number of fused-ring (bicyclic) bond motifs is 3. The van der Waals surface area contributed by atoms with Crippen LogP contribution >= 0.6 is 0 Å². The van der Waals surface area contributed by atoms with Crippen molar-refractivity contribution in [3.63, 3.8) is 0 Å². The first-order chi connectivity index (χ1) is 12.2. The number of hydrogen-bond acceptors (Lipinski definition) is 5. The molecule has 0 amide bonds. The Hall–Kier alpha value is -2.83. The Morgan fingerprint density at radius 3 is 2.80 bits per heavy atom. The molecule has 0 bridgehead atoms. The molecule has 7 heteroatoms. The Balaban J connectivity index is 1.84. The number of rotatable bonds is 7. The van der Waals surface area contributed by atoms with Gasteiger partial charge in [0.05, 0.1) is 18.7 Å². The van der Waals surface area contributed by atoms with Crippen LogP contribution in [-0.4, -0.2) is 33.1 Å². The summed E-state index contributed by atoms with van der Waals surface area (Å²) in [5.41, 5.74) is 1.98. The van der Waals surface area contributed by atoms with Crippen LogP contribution in [0.3, 0.4) is 0 Å². The van der Waals surface area contributed by atoms with Gasteiger partial charge < -0.3 is 14.0 Å². The molecule has 0 radical (unpaired) electrons. The van der Waals surface area contributed by atoms with Crippen molar-refractivity contribution in [1.82, 2.24) is 14.0 Å². The zero-order valence-electron chi connectivity index (χ0n) is 14.4. The number of hydrogen-bond donors (Lipinski definition) is 0. The van der Waals surface area contributed by atoms with E-state index in [2.05, 4.69) is 4.98 Å². The lowest BCUT2D eigenvalue weighted by molar-refractivity contribution is -0.143. The molecule has 0 aliphatic carbocycles. The lowest BCUT2D eigenvalue weighted by Crippen LogP contribution is -2.22. The monoisotopic (exact) mass is 343 g/mol. The topological polar surface area (TPSA) is 74.8 Å². The minimum atomic E-state index is -0.224. The van der Waals surface area contributed by atoms with Crippen LogP contribution in [0.1, 0.15) is 26.7 Å². The molecule has 7 nitrogen and oxygen atoms in total. The van der Waals surface area contributed by atoms with Gasteiger partial charge in [-0.05, 0) is 38.5 Å². The van der Waals surface area contributed by atoms with Gasteiger partial charge in [-0.3, -0.25) is 14.0 Å². The summed E-state index contributed by atoms with van der Waals surface area (Å²) in [5, 5.41) is 0. The minimum absolute atomic E-state index is 0.0371. The maximum atomic E-state index is 12.5. The first-order valence-corrected chi connectivity index (χ1v) is 8.44. The quantitative estimate of drug-likeness (QED) is 0.486. The van der Waals surface area contributed by atoms with Crippen LogP contribution < -0.4 is 10.3 Å². The van der Waals surface area contributed by atoms with Crippen molar-refractivity contribution in [3.05, 3.63) is 40.8 Å². The van der Waals surface area contributed by atoms with Crippen LogP contribution in [0.15, 0.2) is 35.3 Å². The average molecular weight is 343 g/mol. The molecule has 0 fully saturated rings. The fourth-order valence-electron chi connectivity index (χ4n) is 2.82. The van der Waals surface area contributed by atoms with Crippen molar-refractivity contribution < 1.29 is 14.3 Å². The SMILES string of the molecule is CCOC(=O)CCCOc1ccc2c(n1)n1cccc1c(=O)n2CC. The highest BCUT2D eigenvalue weighted by Crippen LogP contribution is 2.18. The fraction of sp³-hybridized carbons (Fsp3) is 0.389. The van der Waals surface area contributed by atoms with E-state index in [1.807, 2.05) is 25.3 Å². The van der Waals surface area contributed by atoms with Crippen molar-refractivity contribution >= 4 is 22.6 Å². The highest BCUT2D eigenvalue weighted by atomic mass is 16.5. The van der Waals surface area contributed by atoms with Crippen molar-refractivity contribution in [3.8, 4) is 5.88 Å². The van der Waals surface area contributed by atoms with E-state index in [9.17, 15) is 9.59 Å². The van der Waals surface area contributed by atoms with Crippen LogP contribution in [-0.2, 0) is 16.1 Å². The molecule has 0 spiro atoms. The van der Waals surface area contributed by atoms with Gasteiger partial charge in [-0.2, -0.15) is 4.98 Å². The highest BCUT2D eigenvalue weighted by Gasteiger charge is 2.11. The van der Waals surface area contributed by atoms with E-state index >= 15 is 0 Å². The van der Waals surface area contributed by atoms with E-state index in [1.54, 1.807) is 28.0 Å². The molecule has 3 rings (SSSR count). The Morgan fingerprint density at radius 2 is 2.04 bits per heavy atom. The van der Waals surface area contributed by atoms with E-state index in [-0.39, 0.29) is 11.5 Å². The number of esters is 1. The molecule has 0 aliphatic rings. The third kappa shape index (κ3) is 3.35. The molecule has 0 saturated carbocycles. The Kier molecular flexibility index (Phi) is 5.02. The van der Waals surface area contributed by atoms with Crippen molar-refractivity contribution in [2.75, 3.05) is 13.2 Å². The van der Waals surface area contributed by atoms with Gasteiger partial charge in [-0.25, -0.2) is 0 Å². The van der Waals surface area contributed by atoms with Crippen molar-refractivity contribution in [2.24, 2.45) is 0 Å². The standard InChI is InChI=1S/C18H21N3O4/c1-3-20-13-9-10-15(25-12-6-8-16(22)24-4-2)19-17(13)21-11-5-7-14(21)18(20)23/h5,7,9-11H,3-4,6,8,12H2,1-2H3. The summed E-state index contributed by atoms with van der Waals surface area (Å²) in [6, 6.07) is 7.19. The Labute approximate surface area is 144 Å². The van der Waals surface area contributed by atoms with Crippen molar-refractivity contribution in [1.29, 1.82) is 0 Å². The highest BCUT2D eigenvalue weighted by molar-refractivity contribution is 5.76. The number of carbonyl (C=O) groups excluding carboxylic acids is 1. The maximum Gasteiger partial charge on any atom is 0.305 e. The molecule has 25 heavy (non-hydrogen) atoms. The van der Waals surface area contributed by atoms with Gasteiger partial charge in [0, 0.05) is 25.2 Å². The molecular weight excluding hydrogens is 322 g/mol. The molecule has 0 atom stereocenters. The molecule has 3 aromatic rings. The van der Waals surface area contributed by atoms with Gasteiger partial charge in [-0.15, -0.1) is 0 Å². The van der Waals surface area contributed by atoms with Gasteiger partial charge in [0.1, 0.15) is 5.52 Å². The predicted octanol–water partition coefficient (Wildman–Crippen LogP) is 2.39. The summed E-state index contributed by atoms with van der Waals surface area (Å²) in [6.45, 7) is 5.04. The van der Waals surface area contributed by atoms with Gasteiger partial charge in [0.15, 0.2) is 5.65 Å². The normalized spacial score (nSPS) is 11.1. The molecule has 132 valence electrons. The van der Waals surface area contributed by atoms with Gasteiger partial charge in [-0.1, -0.05) is 0 Å². The Morgan fingerprint density at radius 1 is 1.20 bits per heavy atom. The number of carbonyl (C=O) groups is 1. The molecule has 3 heterocycles. The van der Waals surface area contributed by atoms with Gasteiger partial charge in [0.2, 0.25) is 5.88 Å². The molecular formula is C18H21N3O4. The van der Waals surface area contributed by atoms with Crippen LogP contribution in [0.4, 0.5) is 0 Å². The first kappa shape index (κ1) is 17.0. The van der Waals surface area contributed by atoms with E-state index in [4.69, 9.17) is 9.47 Å². The second-order valence-electron chi connectivity index (χ2n) is 5.56. The van der Waals surface area contributed by atoms with Gasteiger partial charge in [0.25, 0.3) is 5.56 Å². The molecule has 0 saturated heterocycles. The molecule has 3 aromatic heterocycles. The number of aryl methyl sites for hydroxylation is 1. The van der Waals surface area contributed by atoms with Crippen LogP contribution in [0.25, 0.3) is 16.7 Å². The zero-order valence-corrected chi connectivity index (χ0v) is 14.4. The second-order valence-corrected chi connectivity index (χ2v) is 5.56. The third-order valence-electron chi connectivity index (χ3n) is 3.96. The van der Waals surface area contributed by atoms with E-state index in [0.29, 0.717) is 49.6 Å². The van der Waals surface area contributed by atoms with E-state index in [0.717, 1.165) is 5.52 Å². The number of ether oxygens (including phenoxy) is 2. The lowest BCUT2D eigenvalue weighted by Gasteiger charge is -2.11. The summed E-state index contributed by atoms with van der Waals surface area (Å²) in [4.78, 5) is 28.3. The summed E-state index contributed by atoms with van der Waals surface area (Å²) < 4.78 is 14.0. The van der Waals surface area contributed by atoms with E-state index in [1.165, 1.54) is 0 Å². The predicted molar refractivity (Wildman–Crippen MR) is 94.0 cm³/mol. The van der Waals surface area contributed by atoms with E-state index < -0.39 is 0 Å². The number of nitrogens with zero attached hydrogens (tertiary/aromatic N) is 3. The lowest BCUT2D eigenvalue weighted by atomic mass is 10.3. The smallest absolute Gasteiger partial charge is 0.305 e. The summed E-state index contributed by atoms with van der Waals surface area (Å²) in [7, 11) is 0. The molecule has 0 N–H and O–H groups in total. The molecule has 0 aliphatic heterocycles. The number of aromatic nitrogens is 3. The summed E-state index contributed by atoms with van der Waals surface area (Å²) in [6.07, 6.45) is 2.70. The van der Waals surface area contributed by atoms with Crippen LogP contribution in [0, 0.1) is 0 Å². The van der Waals surface area contributed by atoms with Crippen LogP contribution in [0.2, 0.25) is 0 Å². The van der Waals surface area contributed by atoms with Crippen LogP contribution in [0.5, 0.6) is 5.88 Å². The molecule has 0 aromatic carbocycles. The van der Waals surface area contributed by atoms with Gasteiger partial charge >= 0.3 is 5.97 Å². The fourth-order valence-corrected chi connectivity index (χ4v) is 2.82. The first-order valence-electron chi connectivity index (χ1n) is 8.44. The average Bonchev–Trinajstić information content (AvgIpc) is 3.10. The second kappa shape index (κ2) is 7.38. The molecule has 0 unspecified atom stereocenters. The summed E-state index contributed by atoms with van der Waals surface area (Å²) in [5.74, 6) is 0.242.